The van der Waals surface area contributed by atoms with E-state index in [9.17, 15) is 19.5 Å². The summed E-state index contributed by atoms with van der Waals surface area (Å²) in [6.45, 7) is 3.79. The molecule has 4 rings (SSSR count). The van der Waals surface area contributed by atoms with Gasteiger partial charge in [-0.05, 0) is 44.3 Å². The predicted octanol–water partition coefficient (Wildman–Crippen LogP) is 3.02. The smallest absolute Gasteiger partial charge is 0.348 e. The van der Waals surface area contributed by atoms with Gasteiger partial charge >= 0.3 is 17.9 Å². The van der Waals surface area contributed by atoms with Crippen LogP contribution in [-0.4, -0.2) is 29.5 Å². The normalized spacial score (nSPS) is 36.3. The number of hydrogen-bond acceptors (Lipinski definition) is 8. The topological polar surface area (TPSA) is 111 Å². The zero-order chi connectivity index (χ0) is 22.2. The minimum absolute atomic E-state index is 0. The molecule has 0 radical (unpaired) electrons. The number of allylic oxidation sites excluding steroid dienone is 2. The Balaban J connectivity index is 0.00000193. The summed E-state index contributed by atoms with van der Waals surface area (Å²) >= 11 is 0. The molecule has 3 atom stereocenters. The van der Waals surface area contributed by atoms with E-state index >= 15 is 0 Å². The van der Waals surface area contributed by atoms with Gasteiger partial charge in [0, 0.05) is 21.1 Å². The van der Waals surface area contributed by atoms with E-state index in [-0.39, 0.29) is 25.8 Å². The van der Waals surface area contributed by atoms with Gasteiger partial charge in [0.15, 0.2) is 5.79 Å². The van der Waals surface area contributed by atoms with Crippen molar-refractivity contribution in [2.75, 3.05) is 0 Å². The van der Waals surface area contributed by atoms with Crippen molar-refractivity contribution in [1.29, 1.82) is 0 Å². The minimum atomic E-state index is -1.20. The van der Waals surface area contributed by atoms with Crippen molar-refractivity contribution >= 4 is 17.9 Å². The van der Waals surface area contributed by atoms with Gasteiger partial charge in [-0.15, -0.1) is 0 Å². The van der Waals surface area contributed by atoms with Crippen LogP contribution >= 0.6 is 0 Å². The van der Waals surface area contributed by atoms with Gasteiger partial charge in [-0.3, -0.25) is 0 Å². The molecule has 4 aliphatic rings. The minimum Gasteiger partial charge on any atom is -0.574 e. The molecule has 3 unspecified atom stereocenters. The summed E-state index contributed by atoms with van der Waals surface area (Å²) in [6, 6.07) is 0. The zero-order valence-electron chi connectivity index (χ0n) is 17.8. The van der Waals surface area contributed by atoms with Gasteiger partial charge in [0.1, 0.15) is 5.57 Å². The molecule has 0 aromatic carbocycles. The third kappa shape index (κ3) is 3.83. The summed E-state index contributed by atoms with van der Waals surface area (Å²) < 4.78 is 22.0. The van der Waals surface area contributed by atoms with Crippen LogP contribution in [0.5, 0.6) is 0 Å². The summed E-state index contributed by atoms with van der Waals surface area (Å²) in [4.78, 5) is 37.4. The van der Waals surface area contributed by atoms with Crippen molar-refractivity contribution in [2.45, 2.75) is 76.8 Å². The fraction of sp³-hybridized carbons (Fsp3) is 0.609. The largest absolute Gasteiger partial charge is 0.574 e. The first kappa shape index (κ1) is 21.5. The molecule has 2 aliphatic heterocycles. The lowest BCUT2D eigenvalue weighted by Gasteiger charge is -2.50. The maximum absolute atomic E-state index is 12.5. The average molecular weight is 435 g/mol. The predicted molar refractivity (Wildman–Crippen MR) is 109 cm³/mol. The van der Waals surface area contributed by atoms with Crippen molar-refractivity contribution in [3.05, 3.63) is 35.3 Å². The molecule has 0 aromatic rings. The van der Waals surface area contributed by atoms with E-state index in [4.69, 9.17) is 18.9 Å². The van der Waals surface area contributed by atoms with Crippen molar-refractivity contribution in [1.82, 2.24) is 0 Å². The second-order valence-corrected chi connectivity index (χ2v) is 8.83. The van der Waals surface area contributed by atoms with Crippen molar-refractivity contribution < 1.29 is 41.3 Å². The standard InChI is InChI=1S/C23H28O8.2H2/c1-14-8-3-5-12-22(14)28-18(24)16(19(25)29-22)10-7-11-17-20(26)30-23(31-21(17)27)13-6-4-9-15(23)2;;/h7,10-11,14-15,24H,3-6,8-9,12-13H2,1-2H3;2*1H/p-1. The highest BCUT2D eigenvalue weighted by molar-refractivity contribution is 6.15. The van der Waals surface area contributed by atoms with Crippen LogP contribution in [0.25, 0.3) is 0 Å². The number of rotatable bonds is 2. The van der Waals surface area contributed by atoms with E-state index in [1.807, 2.05) is 13.8 Å². The van der Waals surface area contributed by atoms with Crippen molar-refractivity contribution in [3.63, 3.8) is 0 Å². The van der Waals surface area contributed by atoms with E-state index in [1.165, 1.54) is 18.2 Å². The maximum Gasteiger partial charge on any atom is 0.348 e. The second-order valence-electron chi connectivity index (χ2n) is 8.83. The molecule has 8 heteroatoms. The van der Waals surface area contributed by atoms with Gasteiger partial charge in [0.05, 0.1) is 11.5 Å². The number of carbonyl (C=O) groups excluding carboxylic acids is 3. The zero-order valence-corrected chi connectivity index (χ0v) is 17.8. The first-order valence-corrected chi connectivity index (χ1v) is 10.9. The molecule has 0 amide bonds. The molecular formula is C23H31O8-. The molecule has 2 heterocycles. The lowest BCUT2D eigenvalue weighted by molar-refractivity contribution is -0.407. The molecule has 2 aliphatic carbocycles. The molecule has 2 saturated carbocycles. The van der Waals surface area contributed by atoms with Gasteiger partial charge in [-0.2, -0.15) is 0 Å². The van der Waals surface area contributed by atoms with Crippen LogP contribution in [0.2, 0.25) is 0 Å². The van der Waals surface area contributed by atoms with Crippen LogP contribution in [0.3, 0.4) is 0 Å². The van der Waals surface area contributed by atoms with Gasteiger partial charge in [-0.1, -0.05) is 32.8 Å². The molecule has 172 valence electrons. The molecular weight excluding hydrogens is 404 g/mol. The Kier molecular flexibility index (Phi) is 5.58. The lowest BCUT2D eigenvalue weighted by Crippen LogP contribution is -2.52. The highest BCUT2D eigenvalue weighted by Crippen LogP contribution is 2.42. The molecule has 3 fully saturated rings. The van der Waals surface area contributed by atoms with Gasteiger partial charge < -0.3 is 24.1 Å². The molecule has 1 saturated heterocycles. The molecule has 0 bridgehead atoms. The highest BCUT2D eigenvalue weighted by Gasteiger charge is 2.50. The van der Waals surface area contributed by atoms with Crippen molar-refractivity contribution in [3.8, 4) is 0 Å². The SMILES string of the molecule is CC1CCCCC12OC(=O)C(=CC=CC1=C([O-])OC3(CCCCC3C)OC1=O)C(=O)O2.[HH].[HH]. The van der Waals surface area contributed by atoms with Crippen LogP contribution < -0.4 is 5.11 Å². The Bertz CT molecular complexity index is 873. The Morgan fingerprint density at radius 1 is 0.839 bits per heavy atom. The Labute approximate surface area is 183 Å². The molecule has 8 nitrogen and oxygen atoms in total. The quantitative estimate of drug-likeness (QED) is 0.370. The summed E-state index contributed by atoms with van der Waals surface area (Å²) in [5.41, 5.74) is -0.592. The number of ether oxygens (including phenoxy) is 4. The lowest BCUT2D eigenvalue weighted by atomic mass is 9.84. The fourth-order valence-electron chi connectivity index (χ4n) is 4.75. The van der Waals surface area contributed by atoms with Crippen LogP contribution in [0.1, 0.15) is 68.1 Å². The highest BCUT2D eigenvalue weighted by atomic mass is 16.8. The van der Waals surface area contributed by atoms with Gasteiger partial charge in [-0.25, -0.2) is 14.4 Å². The monoisotopic (exact) mass is 435 g/mol. The maximum atomic E-state index is 12.5. The first-order valence-electron chi connectivity index (χ1n) is 10.9. The summed E-state index contributed by atoms with van der Waals surface area (Å²) in [5.74, 6) is -5.67. The average Bonchev–Trinajstić information content (AvgIpc) is 2.71. The van der Waals surface area contributed by atoms with E-state index in [2.05, 4.69) is 0 Å². The summed E-state index contributed by atoms with van der Waals surface area (Å²) in [7, 11) is 0. The van der Waals surface area contributed by atoms with Crippen molar-refractivity contribution in [2.24, 2.45) is 11.8 Å². The molecule has 2 spiro atoms. The molecule has 31 heavy (non-hydrogen) atoms. The number of hydrogen-bond donors (Lipinski definition) is 0. The molecule has 0 N–H and O–H groups in total. The van der Waals surface area contributed by atoms with E-state index < -0.39 is 35.4 Å². The number of esters is 3. The van der Waals surface area contributed by atoms with Crippen LogP contribution in [0.4, 0.5) is 0 Å². The van der Waals surface area contributed by atoms with Gasteiger partial charge in [0.2, 0.25) is 0 Å². The Hall–Kier alpha value is -2.77. The first-order chi connectivity index (χ1) is 14.8. The Morgan fingerprint density at radius 2 is 1.35 bits per heavy atom. The third-order valence-corrected chi connectivity index (χ3v) is 6.79. The van der Waals surface area contributed by atoms with E-state index in [0.29, 0.717) is 12.8 Å². The van der Waals surface area contributed by atoms with Crippen LogP contribution in [0.15, 0.2) is 35.3 Å². The van der Waals surface area contributed by atoms with E-state index in [1.54, 1.807) is 0 Å². The number of carbonyl (C=O) groups is 3. The fourth-order valence-corrected chi connectivity index (χ4v) is 4.75. The summed E-state index contributed by atoms with van der Waals surface area (Å²) in [6.07, 6.45) is 9.78. The van der Waals surface area contributed by atoms with Gasteiger partial charge in [0.25, 0.3) is 5.79 Å². The van der Waals surface area contributed by atoms with Crippen LogP contribution in [0, 0.1) is 11.8 Å². The van der Waals surface area contributed by atoms with E-state index in [0.717, 1.165) is 38.5 Å². The second kappa shape index (κ2) is 8.05. The molecule has 0 aromatic heterocycles. The summed E-state index contributed by atoms with van der Waals surface area (Å²) in [5, 5.41) is 12.5. The third-order valence-electron chi connectivity index (χ3n) is 6.79. The Morgan fingerprint density at radius 3 is 1.87 bits per heavy atom. The van der Waals surface area contributed by atoms with Crippen LogP contribution in [-0.2, 0) is 33.3 Å².